The number of hydrazone groups is 1. The normalized spacial score (nSPS) is 14.3. The van der Waals surface area contributed by atoms with Crippen molar-refractivity contribution in [2.45, 2.75) is 13.3 Å². The van der Waals surface area contributed by atoms with E-state index >= 15 is 0 Å². The highest BCUT2D eigenvalue weighted by molar-refractivity contribution is 5.89. The molecule has 0 unspecified atom stereocenters. The van der Waals surface area contributed by atoms with Crippen LogP contribution >= 0.6 is 0 Å². The van der Waals surface area contributed by atoms with E-state index in [9.17, 15) is 0 Å². The van der Waals surface area contributed by atoms with Gasteiger partial charge in [-0.15, -0.1) is 20.4 Å². The van der Waals surface area contributed by atoms with Crippen molar-refractivity contribution in [1.29, 1.82) is 0 Å². The second-order valence-electron chi connectivity index (χ2n) is 4.59. The highest BCUT2D eigenvalue weighted by Crippen LogP contribution is 2.02. The van der Waals surface area contributed by atoms with Crippen molar-refractivity contribution < 1.29 is 0 Å². The average molecular weight is 282 g/mol. The van der Waals surface area contributed by atoms with Crippen molar-refractivity contribution >= 4 is 18.0 Å². The zero-order valence-electron chi connectivity index (χ0n) is 11.4. The van der Waals surface area contributed by atoms with Gasteiger partial charge in [-0.05, 0) is 12.5 Å². The molecular weight excluding hydrogens is 268 g/mol. The molecule has 1 aromatic heterocycles. The number of nitrogens with zero attached hydrogens (tertiary/aromatic N) is 6. The number of aromatic nitrogens is 3. The van der Waals surface area contributed by atoms with E-state index in [4.69, 9.17) is 5.73 Å². The number of nitrogens with two attached hydrogens (primary N) is 1. The summed E-state index contributed by atoms with van der Waals surface area (Å²) in [5.74, 6) is 1.44. The lowest BCUT2D eigenvalue weighted by molar-refractivity contribution is 0.897. The molecule has 8 nitrogen and oxygen atoms in total. The Labute approximate surface area is 121 Å². The highest BCUT2D eigenvalue weighted by atomic mass is 15.5. The molecule has 0 saturated heterocycles. The molecule has 8 heteroatoms. The van der Waals surface area contributed by atoms with Crippen LogP contribution in [0.4, 0.5) is 0 Å². The summed E-state index contributed by atoms with van der Waals surface area (Å²) in [5.41, 5.74) is 10.7. The molecule has 2 heterocycles. The summed E-state index contributed by atoms with van der Waals surface area (Å²) in [6.45, 7) is 2.03. The first kappa shape index (κ1) is 13.0. The Bertz CT molecular complexity index is 740. The van der Waals surface area contributed by atoms with Crippen LogP contribution in [0.3, 0.4) is 0 Å². The van der Waals surface area contributed by atoms with Crippen LogP contribution in [0.15, 0.2) is 45.9 Å². The van der Waals surface area contributed by atoms with Gasteiger partial charge in [0.15, 0.2) is 0 Å². The third-order valence-corrected chi connectivity index (χ3v) is 2.88. The number of amidine groups is 1. The molecule has 0 radical (unpaired) electrons. The summed E-state index contributed by atoms with van der Waals surface area (Å²) >= 11 is 0. The first-order chi connectivity index (χ1) is 10.2. The monoisotopic (exact) mass is 282 g/mol. The zero-order valence-corrected chi connectivity index (χ0v) is 11.4. The maximum Gasteiger partial charge on any atom is 0.250 e. The second-order valence-corrected chi connectivity index (χ2v) is 4.59. The summed E-state index contributed by atoms with van der Waals surface area (Å²) in [6, 6.07) is 8.00. The second kappa shape index (κ2) is 5.53. The summed E-state index contributed by atoms with van der Waals surface area (Å²) in [6.07, 6.45) is 3.64. The number of nitrogens with one attached hydrogen (secondary N) is 1. The van der Waals surface area contributed by atoms with Crippen LogP contribution in [-0.4, -0.2) is 32.8 Å². The molecule has 0 fully saturated rings. The fourth-order valence-electron chi connectivity index (χ4n) is 1.90. The summed E-state index contributed by atoms with van der Waals surface area (Å²) < 4.78 is 1.66. The first-order valence-corrected chi connectivity index (χ1v) is 6.37. The van der Waals surface area contributed by atoms with Gasteiger partial charge in [0.25, 0.3) is 5.96 Å². The number of aryl methyl sites for hydroxylation is 1. The van der Waals surface area contributed by atoms with Crippen LogP contribution in [0.2, 0.25) is 0 Å². The van der Waals surface area contributed by atoms with Gasteiger partial charge in [-0.1, -0.05) is 29.8 Å². The topological polar surface area (TPSA) is 106 Å². The van der Waals surface area contributed by atoms with E-state index in [-0.39, 0.29) is 0 Å². The molecule has 0 spiro atoms. The van der Waals surface area contributed by atoms with Gasteiger partial charge in [-0.2, -0.15) is 5.10 Å². The van der Waals surface area contributed by atoms with E-state index in [1.165, 1.54) is 11.9 Å². The molecule has 1 aliphatic rings. The predicted octanol–water partition coefficient (Wildman–Crippen LogP) is 0.243. The van der Waals surface area contributed by atoms with Crippen molar-refractivity contribution in [3.8, 4) is 0 Å². The quantitative estimate of drug-likeness (QED) is 0.608. The lowest BCUT2D eigenvalue weighted by Crippen LogP contribution is -2.27. The number of fused-ring (bicyclic) bond motifs is 1. The van der Waals surface area contributed by atoms with E-state index in [2.05, 4.69) is 30.9 Å². The molecule has 3 N–H and O–H groups in total. The molecule has 0 aliphatic carbocycles. The Balaban J connectivity index is 1.79. The highest BCUT2D eigenvalue weighted by Gasteiger charge is 2.14. The van der Waals surface area contributed by atoms with E-state index in [0.29, 0.717) is 24.0 Å². The van der Waals surface area contributed by atoms with Gasteiger partial charge in [0, 0.05) is 0 Å². The molecule has 0 saturated carbocycles. The maximum absolute atomic E-state index is 5.70. The van der Waals surface area contributed by atoms with Gasteiger partial charge in [-0.25, -0.2) is 5.43 Å². The predicted molar refractivity (Wildman–Crippen MR) is 80.1 cm³/mol. The van der Waals surface area contributed by atoms with Crippen LogP contribution in [-0.2, 0) is 6.42 Å². The molecule has 0 atom stereocenters. The largest absolute Gasteiger partial charge is 0.385 e. The van der Waals surface area contributed by atoms with Gasteiger partial charge in [-0.3, -0.25) is 4.57 Å². The van der Waals surface area contributed by atoms with Crippen LogP contribution < -0.4 is 11.2 Å². The Morgan fingerprint density at radius 2 is 2.29 bits per heavy atom. The van der Waals surface area contributed by atoms with Gasteiger partial charge in [0.1, 0.15) is 18.0 Å². The fraction of sp³-hybridized carbons (Fsp3) is 0.154. The minimum Gasteiger partial charge on any atom is -0.385 e. The van der Waals surface area contributed by atoms with Gasteiger partial charge in [0.2, 0.25) is 0 Å². The molecule has 2 aromatic rings. The van der Waals surface area contributed by atoms with Crippen LogP contribution in [0, 0.1) is 6.92 Å². The molecule has 1 aromatic carbocycles. The Morgan fingerprint density at radius 1 is 1.38 bits per heavy atom. The van der Waals surface area contributed by atoms with Crippen LogP contribution in [0.1, 0.15) is 17.0 Å². The fourth-order valence-corrected chi connectivity index (χ4v) is 1.90. The van der Waals surface area contributed by atoms with E-state index in [1.807, 2.05) is 31.2 Å². The molecule has 21 heavy (non-hydrogen) atoms. The molecule has 1 aliphatic heterocycles. The average Bonchev–Trinajstić information content (AvgIpc) is 2.85. The maximum atomic E-state index is 5.70. The van der Waals surface area contributed by atoms with Crippen molar-refractivity contribution in [3.05, 3.63) is 47.5 Å². The van der Waals surface area contributed by atoms with E-state index < -0.39 is 0 Å². The SMILES string of the molecule is Cc1cccc(C=NNC2=NN=C(N)Cc3nncn32)c1. The van der Waals surface area contributed by atoms with E-state index in [1.54, 1.807) is 10.8 Å². The lowest BCUT2D eigenvalue weighted by Gasteiger charge is -2.04. The number of hydrogen-bond donors (Lipinski definition) is 2. The summed E-state index contributed by atoms with van der Waals surface area (Å²) in [5, 5.41) is 19.9. The van der Waals surface area contributed by atoms with Gasteiger partial charge >= 0.3 is 0 Å². The number of benzene rings is 1. The molecule has 3 rings (SSSR count). The minimum absolute atomic E-state index is 0.378. The minimum atomic E-state index is 0.378. The van der Waals surface area contributed by atoms with Crippen LogP contribution in [0.25, 0.3) is 0 Å². The first-order valence-electron chi connectivity index (χ1n) is 6.37. The van der Waals surface area contributed by atoms with Gasteiger partial charge < -0.3 is 5.73 Å². The molecule has 106 valence electrons. The van der Waals surface area contributed by atoms with Crippen molar-refractivity contribution in [2.75, 3.05) is 0 Å². The van der Waals surface area contributed by atoms with Gasteiger partial charge in [0.05, 0.1) is 12.6 Å². The smallest absolute Gasteiger partial charge is 0.250 e. The molecule has 0 amide bonds. The van der Waals surface area contributed by atoms with Crippen molar-refractivity contribution in [1.82, 2.24) is 20.2 Å². The van der Waals surface area contributed by atoms with Crippen molar-refractivity contribution in [3.63, 3.8) is 0 Å². The standard InChI is InChI=1S/C13H14N8/c1-9-3-2-4-10(5-9)7-15-19-13-20-17-11(14)6-12-18-16-8-21(12)13/h2-5,7-8H,6H2,1H3,(H2,14,17)(H,19,20). The summed E-state index contributed by atoms with van der Waals surface area (Å²) in [7, 11) is 0. The molecule has 0 bridgehead atoms. The molecular formula is C13H14N8. The summed E-state index contributed by atoms with van der Waals surface area (Å²) in [4.78, 5) is 0. The lowest BCUT2D eigenvalue weighted by atomic mass is 10.2. The number of hydrogen-bond acceptors (Lipinski definition) is 7. The van der Waals surface area contributed by atoms with E-state index in [0.717, 1.165) is 5.56 Å². The zero-order chi connectivity index (χ0) is 14.7. The Hall–Kier alpha value is -3.03. The third-order valence-electron chi connectivity index (χ3n) is 2.88. The Morgan fingerprint density at radius 3 is 3.14 bits per heavy atom. The number of rotatable bonds is 2. The van der Waals surface area contributed by atoms with Crippen LogP contribution in [0.5, 0.6) is 0 Å². The van der Waals surface area contributed by atoms with Crippen molar-refractivity contribution in [2.24, 2.45) is 21.0 Å². The Kier molecular flexibility index (Phi) is 3.42. The third kappa shape index (κ3) is 2.94.